The highest BCUT2D eigenvalue weighted by molar-refractivity contribution is 5.88. The molecule has 8 nitrogen and oxygen atoms in total. The molecule has 0 bridgehead atoms. The van der Waals surface area contributed by atoms with Crippen LogP contribution in [0.15, 0.2) is 24.3 Å². The van der Waals surface area contributed by atoms with Crippen molar-refractivity contribution in [1.82, 2.24) is 4.98 Å². The second-order valence-electron chi connectivity index (χ2n) is 4.95. The molecule has 0 fully saturated rings. The summed E-state index contributed by atoms with van der Waals surface area (Å²) in [6, 6.07) is 6.57. The average Bonchev–Trinajstić information content (AvgIpc) is 2.52. The Balaban J connectivity index is 2.48. The van der Waals surface area contributed by atoms with E-state index >= 15 is 0 Å². The lowest BCUT2D eigenvalue weighted by atomic mass is 10.1. The van der Waals surface area contributed by atoms with Gasteiger partial charge in [0, 0.05) is 17.5 Å². The third-order valence-electron chi connectivity index (χ3n) is 3.32. The monoisotopic (exact) mass is 314 g/mol. The zero-order chi connectivity index (χ0) is 17.0. The Kier molecular flexibility index (Phi) is 4.71. The molecule has 0 aliphatic rings. The number of hydrogen-bond acceptors (Lipinski definition) is 6. The Labute approximate surface area is 131 Å². The summed E-state index contributed by atoms with van der Waals surface area (Å²) in [7, 11) is 0. The van der Waals surface area contributed by atoms with E-state index in [9.17, 15) is 25.3 Å². The standard InChI is InChI=1S/C15H14N4O4/c1-2-3-13(15(20)21)18-14-6-9(8-16)11-7-10(19(22)23)4-5-12(11)17-14/h4-7,13H,2-3H2,1H3,(H,17,18)(H,20,21). The van der Waals surface area contributed by atoms with Crippen molar-refractivity contribution in [2.45, 2.75) is 25.8 Å². The highest BCUT2D eigenvalue weighted by atomic mass is 16.6. The van der Waals surface area contributed by atoms with Crippen LogP contribution in [0, 0.1) is 21.4 Å². The number of carboxylic acid groups (broad SMARTS) is 1. The number of nitriles is 1. The smallest absolute Gasteiger partial charge is 0.326 e. The molecule has 2 aromatic rings. The molecule has 0 spiro atoms. The van der Waals surface area contributed by atoms with Gasteiger partial charge in [0.2, 0.25) is 0 Å². The fraction of sp³-hybridized carbons (Fsp3) is 0.267. The van der Waals surface area contributed by atoms with Crippen LogP contribution in [-0.2, 0) is 4.79 Å². The number of nitrogens with one attached hydrogen (secondary N) is 1. The normalized spacial score (nSPS) is 11.7. The summed E-state index contributed by atoms with van der Waals surface area (Å²) in [5.41, 5.74) is 0.450. The largest absolute Gasteiger partial charge is 0.480 e. The molecule has 0 aliphatic heterocycles. The molecule has 1 aromatic heterocycles. The molecule has 0 saturated carbocycles. The van der Waals surface area contributed by atoms with Gasteiger partial charge in [0.1, 0.15) is 11.9 Å². The zero-order valence-corrected chi connectivity index (χ0v) is 12.3. The minimum absolute atomic E-state index is 0.133. The maximum Gasteiger partial charge on any atom is 0.326 e. The first kappa shape index (κ1) is 16.2. The molecule has 1 atom stereocenters. The van der Waals surface area contributed by atoms with Gasteiger partial charge in [-0.25, -0.2) is 9.78 Å². The van der Waals surface area contributed by atoms with E-state index in [2.05, 4.69) is 10.3 Å². The van der Waals surface area contributed by atoms with E-state index in [0.29, 0.717) is 23.7 Å². The van der Waals surface area contributed by atoms with E-state index in [1.54, 1.807) is 0 Å². The third kappa shape index (κ3) is 3.52. The van der Waals surface area contributed by atoms with Crippen molar-refractivity contribution in [2.75, 3.05) is 5.32 Å². The summed E-state index contributed by atoms with van der Waals surface area (Å²) < 4.78 is 0. The lowest BCUT2D eigenvalue weighted by Crippen LogP contribution is -2.29. The number of nitro groups is 1. The number of fused-ring (bicyclic) bond motifs is 1. The predicted molar refractivity (Wildman–Crippen MR) is 83.1 cm³/mol. The van der Waals surface area contributed by atoms with E-state index in [0.717, 1.165) is 0 Å². The minimum Gasteiger partial charge on any atom is -0.480 e. The van der Waals surface area contributed by atoms with Crippen LogP contribution in [0.2, 0.25) is 0 Å². The second-order valence-corrected chi connectivity index (χ2v) is 4.95. The maximum atomic E-state index is 11.2. The van der Waals surface area contributed by atoms with Gasteiger partial charge in [0.25, 0.3) is 5.69 Å². The van der Waals surface area contributed by atoms with Gasteiger partial charge in [-0.15, -0.1) is 0 Å². The number of rotatable bonds is 6. The Morgan fingerprint density at radius 3 is 2.83 bits per heavy atom. The van der Waals surface area contributed by atoms with E-state index in [4.69, 9.17) is 0 Å². The number of pyridine rings is 1. The van der Waals surface area contributed by atoms with Crippen molar-refractivity contribution in [3.63, 3.8) is 0 Å². The molecule has 0 amide bonds. The van der Waals surface area contributed by atoms with Crippen LogP contribution in [0.1, 0.15) is 25.3 Å². The minimum atomic E-state index is -1.00. The molecule has 1 aromatic carbocycles. The molecule has 2 rings (SSSR count). The highest BCUT2D eigenvalue weighted by Gasteiger charge is 2.18. The van der Waals surface area contributed by atoms with E-state index in [1.165, 1.54) is 24.3 Å². The molecular formula is C15H14N4O4. The fourth-order valence-electron chi connectivity index (χ4n) is 2.22. The molecule has 0 saturated heterocycles. The van der Waals surface area contributed by atoms with Crippen LogP contribution >= 0.6 is 0 Å². The lowest BCUT2D eigenvalue weighted by molar-refractivity contribution is -0.384. The molecule has 118 valence electrons. The van der Waals surface area contributed by atoms with Gasteiger partial charge in [0.05, 0.1) is 22.1 Å². The number of nitrogens with zero attached hydrogens (tertiary/aromatic N) is 3. The Bertz CT molecular complexity index is 813. The first-order chi connectivity index (χ1) is 11.0. The number of nitro benzene ring substituents is 1. The van der Waals surface area contributed by atoms with Crippen molar-refractivity contribution in [3.8, 4) is 6.07 Å². The summed E-state index contributed by atoms with van der Waals surface area (Å²) in [5, 5.41) is 32.4. The van der Waals surface area contributed by atoms with Crippen molar-refractivity contribution in [3.05, 3.63) is 39.9 Å². The number of carbonyl (C=O) groups is 1. The number of anilines is 1. The average molecular weight is 314 g/mol. The van der Waals surface area contributed by atoms with Crippen molar-refractivity contribution in [2.24, 2.45) is 0 Å². The van der Waals surface area contributed by atoms with E-state index < -0.39 is 16.9 Å². The van der Waals surface area contributed by atoms with Gasteiger partial charge < -0.3 is 10.4 Å². The topological polar surface area (TPSA) is 129 Å². The Hall–Kier alpha value is -3.21. The molecule has 0 aliphatic carbocycles. The van der Waals surface area contributed by atoms with Crippen LogP contribution in [-0.4, -0.2) is 27.0 Å². The molecule has 1 heterocycles. The van der Waals surface area contributed by atoms with Crippen LogP contribution in [0.4, 0.5) is 11.5 Å². The van der Waals surface area contributed by atoms with E-state index in [1.807, 2.05) is 13.0 Å². The SMILES string of the molecule is CCCC(Nc1cc(C#N)c2cc([N+](=O)[O-])ccc2n1)C(=O)O. The summed E-state index contributed by atoms with van der Waals surface area (Å²) in [6.07, 6.45) is 1.09. The summed E-state index contributed by atoms with van der Waals surface area (Å²) >= 11 is 0. The van der Waals surface area contributed by atoms with Gasteiger partial charge in [-0.1, -0.05) is 13.3 Å². The van der Waals surface area contributed by atoms with Gasteiger partial charge in [-0.05, 0) is 18.6 Å². The summed E-state index contributed by atoms with van der Waals surface area (Å²) in [4.78, 5) is 25.7. The summed E-state index contributed by atoms with van der Waals surface area (Å²) in [5.74, 6) is -0.750. The number of benzene rings is 1. The van der Waals surface area contributed by atoms with Crippen LogP contribution in [0.25, 0.3) is 10.9 Å². The van der Waals surface area contributed by atoms with E-state index in [-0.39, 0.29) is 17.1 Å². The van der Waals surface area contributed by atoms with Crippen molar-refractivity contribution >= 4 is 28.4 Å². The highest BCUT2D eigenvalue weighted by Crippen LogP contribution is 2.25. The molecule has 23 heavy (non-hydrogen) atoms. The van der Waals surface area contributed by atoms with Crippen molar-refractivity contribution in [1.29, 1.82) is 5.26 Å². The molecule has 8 heteroatoms. The van der Waals surface area contributed by atoms with Crippen LogP contribution in [0.3, 0.4) is 0 Å². The number of carboxylic acids is 1. The summed E-state index contributed by atoms with van der Waals surface area (Å²) in [6.45, 7) is 1.87. The Morgan fingerprint density at radius 1 is 1.52 bits per heavy atom. The molecule has 0 radical (unpaired) electrons. The quantitative estimate of drug-likeness (QED) is 0.619. The lowest BCUT2D eigenvalue weighted by Gasteiger charge is -2.15. The van der Waals surface area contributed by atoms with Crippen LogP contribution in [0.5, 0.6) is 0 Å². The van der Waals surface area contributed by atoms with Gasteiger partial charge in [0.15, 0.2) is 0 Å². The number of hydrogen-bond donors (Lipinski definition) is 2. The van der Waals surface area contributed by atoms with Crippen molar-refractivity contribution < 1.29 is 14.8 Å². The number of aliphatic carboxylic acids is 1. The first-order valence-corrected chi connectivity index (χ1v) is 6.95. The number of non-ortho nitro benzene ring substituents is 1. The maximum absolute atomic E-state index is 11.2. The molecule has 1 unspecified atom stereocenters. The molecule has 2 N–H and O–H groups in total. The molecular weight excluding hydrogens is 300 g/mol. The first-order valence-electron chi connectivity index (χ1n) is 6.95. The zero-order valence-electron chi connectivity index (χ0n) is 12.3. The second kappa shape index (κ2) is 6.70. The predicted octanol–water partition coefficient (Wildman–Crippen LogP) is 2.68. The Morgan fingerprint density at radius 2 is 2.26 bits per heavy atom. The van der Waals surface area contributed by atoms with Gasteiger partial charge in [-0.3, -0.25) is 10.1 Å². The number of aromatic nitrogens is 1. The third-order valence-corrected chi connectivity index (χ3v) is 3.32. The van der Waals surface area contributed by atoms with Crippen LogP contribution < -0.4 is 5.32 Å². The van der Waals surface area contributed by atoms with Gasteiger partial charge in [-0.2, -0.15) is 5.26 Å². The fourth-order valence-corrected chi connectivity index (χ4v) is 2.22. The van der Waals surface area contributed by atoms with Gasteiger partial charge >= 0.3 is 5.97 Å².